The van der Waals surface area contributed by atoms with Crippen LogP contribution in [0, 0.1) is 4.91 Å². The summed E-state index contributed by atoms with van der Waals surface area (Å²) in [6, 6.07) is 9.28. The molecule has 0 aliphatic carbocycles. The van der Waals surface area contributed by atoms with E-state index in [0.29, 0.717) is 6.42 Å². The summed E-state index contributed by atoms with van der Waals surface area (Å²) in [6.07, 6.45) is -0.662. The Morgan fingerprint density at radius 2 is 2.06 bits per heavy atom. The van der Waals surface area contributed by atoms with E-state index in [1.165, 1.54) is 0 Å². The lowest BCUT2D eigenvalue weighted by Gasteiger charge is -2.21. The van der Waals surface area contributed by atoms with Crippen LogP contribution in [0.1, 0.15) is 18.9 Å². The first-order chi connectivity index (χ1) is 7.69. The molecule has 0 bridgehead atoms. The van der Waals surface area contributed by atoms with E-state index >= 15 is 0 Å². The van der Waals surface area contributed by atoms with Gasteiger partial charge in [-0.1, -0.05) is 37.3 Å². The number of hydrogen-bond acceptors (Lipinski definition) is 4. The third-order valence-corrected chi connectivity index (χ3v) is 2.29. The van der Waals surface area contributed by atoms with Crippen LogP contribution in [0.25, 0.3) is 0 Å². The van der Waals surface area contributed by atoms with Crippen LogP contribution < -0.4 is 5.73 Å². The van der Waals surface area contributed by atoms with Gasteiger partial charge in [0.25, 0.3) is 0 Å². The number of rotatable bonds is 6. The van der Waals surface area contributed by atoms with Gasteiger partial charge in [0.05, 0.1) is 11.8 Å². The molecule has 0 saturated carbocycles. The highest BCUT2D eigenvalue weighted by Gasteiger charge is 2.20. The summed E-state index contributed by atoms with van der Waals surface area (Å²) in [5, 5.41) is 3.85. The molecule has 0 fully saturated rings. The minimum atomic E-state index is -0.956. The number of nitrogens with zero attached hydrogens (tertiary/aromatic N) is 2. The average molecular weight is 221 g/mol. The van der Waals surface area contributed by atoms with Crippen molar-refractivity contribution in [3.8, 4) is 0 Å². The van der Waals surface area contributed by atoms with E-state index in [9.17, 15) is 9.70 Å². The third-order valence-electron chi connectivity index (χ3n) is 2.29. The molecule has 0 aliphatic rings. The summed E-state index contributed by atoms with van der Waals surface area (Å²) < 4.78 is 0. The lowest BCUT2D eigenvalue weighted by Crippen LogP contribution is -2.44. The fourth-order valence-electron chi connectivity index (χ4n) is 1.32. The second-order valence-electron chi connectivity index (χ2n) is 3.43. The van der Waals surface area contributed by atoms with Crippen LogP contribution in [0.5, 0.6) is 0 Å². The summed E-state index contributed by atoms with van der Waals surface area (Å²) in [4.78, 5) is 22.0. The molecule has 1 unspecified atom stereocenters. The van der Waals surface area contributed by atoms with Crippen molar-refractivity contribution in [2.45, 2.75) is 26.1 Å². The first kappa shape index (κ1) is 12.3. The Balaban J connectivity index is 2.69. The monoisotopic (exact) mass is 221 g/mol. The van der Waals surface area contributed by atoms with Crippen LogP contribution in [0.4, 0.5) is 0 Å². The van der Waals surface area contributed by atoms with Crippen molar-refractivity contribution in [1.29, 1.82) is 0 Å². The minimum Gasteiger partial charge on any atom is -0.304 e. The zero-order valence-electron chi connectivity index (χ0n) is 9.17. The molecule has 1 aromatic rings. The van der Waals surface area contributed by atoms with Gasteiger partial charge >= 0.3 is 0 Å². The van der Waals surface area contributed by atoms with Crippen molar-refractivity contribution in [2.75, 3.05) is 0 Å². The zero-order valence-corrected chi connectivity index (χ0v) is 9.17. The molecule has 2 N–H and O–H groups in total. The van der Waals surface area contributed by atoms with Crippen molar-refractivity contribution < 1.29 is 4.79 Å². The maximum absolute atomic E-state index is 11.3. The molecular formula is C11H15N3O2. The van der Waals surface area contributed by atoms with Crippen LogP contribution in [0.15, 0.2) is 35.6 Å². The summed E-state index contributed by atoms with van der Waals surface area (Å²) in [6.45, 7) is 1.95. The van der Waals surface area contributed by atoms with E-state index in [0.717, 1.165) is 10.6 Å². The normalized spacial score (nSPS) is 11.9. The van der Waals surface area contributed by atoms with Crippen molar-refractivity contribution in [3.05, 3.63) is 40.8 Å². The summed E-state index contributed by atoms with van der Waals surface area (Å²) in [7, 11) is 0. The Morgan fingerprint density at radius 3 is 2.56 bits per heavy atom. The average Bonchev–Trinajstić information content (AvgIpc) is 2.35. The Kier molecular flexibility index (Phi) is 4.60. The van der Waals surface area contributed by atoms with Gasteiger partial charge < -0.3 is 5.73 Å². The molecule has 1 rings (SSSR count). The fourth-order valence-corrected chi connectivity index (χ4v) is 1.32. The van der Waals surface area contributed by atoms with Crippen LogP contribution in [0.2, 0.25) is 0 Å². The number of ketones is 1. The van der Waals surface area contributed by atoms with Gasteiger partial charge in [0, 0.05) is 6.42 Å². The van der Waals surface area contributed by atoms with Gasteiger partial charge in [0.1, 0.15) is 0 Å². The van der Waals surface area contributed by atoms with E-state index in [-0.39, 0.29) is 12.3 Å². The van der Waals surface area contributed by atoms with Gasteiger partial charge in [-0.2, -0.15) is 0 Å². The van der Waals surface area contributed by atoms with E-state index in [2.05, 4.69) is 5.29 Å². The van der Waals surface area contributed by atoms with Gasteiger partial charge in [-0.15, -0.1) is 4.91 Å². The van der Waals surface area contributed by atoms with Crippen LogP contribution in [-0.4, -0.2) is 17.0 Å². The topological polar surface area (TPSA) is 75.8 Å². The van der Waals surface area contributed by atoms with Crippen molar-refractivity contribution in [3.63, 3.8) is 0 Å². The first-order valence-electron chi connectivity index (χ1n) is 5.11. The number of benzene rings is 1. The molecule has 1 aromatic carbocycles. The molecule has 0 heterocycles. The van der Waals surface area contributed by atoms with Crippen LogP contribution in [-0.2, 0) is 11.3 Å². The van der Waals surface area contributed by atoms with Gasteiger partial charge in [-0.3, -0.25) is 4.79 Å². The van der Waals surface area contributed by atoms with Gasteiger partial charge in [-0.25, -0.2) is 5.01 Å². The number of hydrogen-bond donors (Lipinski definition) is 1. The minimum absolute atomic E-state index is 0.199. The lowest BCUT2D eigenvalue weighted by molar-refractivity contribution is -0.124. The molecule has 0 aliphatic heterocycles. The molecule has 86 valence electrons. The Hall–Kier alpha value is -1.75. The van der Waals surface area contributed by atoms with E-state index in [4.69, 9.17) is 5.73 Å². The van der Waals surface area contributed by atoms with Crippen molar-refractivity contribution in [2.24, 2.45) is 11.0 Å². The van der Waals surface area contributed by atoms with Gasteiger partial charge in [0.15, 0.2) is 11.9 Å². The zero-order chi connectivity index (χ0) is 12.0. The molecule has 0 saturated heterocycles. The molecule has 0 radical (unpaired) electrons. The third kappa shape index (κ3) is 3.13. The Morgan fingerprint density at radius 1 is 1.44 bits per heavy atom. The summed E-state index contributed by atoms with van der Waals surface area (Å²) >= 11 is 0. The largest absolute Gasteiger partial charge is 0.304 e. The highest BCUT2D eigenvalue weighted by atomic mass is 16.3. The number of carbonyl (C=O) groups is 1. The molecular weight excluding hydrogens is 206 g/mol. The Labute approximate surface area is 94.2 Å². The number of nitroso groups, excluding NO2 is 1. The second-order valence-corrected chi connectivity index (χ2v) is 3.43. The molecule has 5 nitrogen and oxygen atoms in total. The highest BCUT2D eigenvalue weighted by molar-refractivity contribution is 5.82. The van der Waals surface area contributed by atoms with E-state index in [1.807, 2.05) is 30.3 Å². The maximum Gasteiger partial charge on any atom is 0.171 e. The highest BCUT2D eigenvalue weighted by Crippen LogP contribution is 2.07. The summed E-state index contributed by atoms with van der Waals surface area (Å²) in [5.74, 6) is -0.199. The predicted octanol–water partition coefficient (Wildman–Crippen LogP) is 1.43. The van der Waals surface area contributed by atoms with Crippen LogP contribution in [0.3, 0.4) is 0 Å². The molecule has 5 heteroatoms. The maximum atomic E-state index is 11.3. The van der Waals surface area contributed by atoms with Crippen LogP contribution >= 0.6 is 0 Å². The quantitative estimate of drug-likeness (QED) is 0.448. The molecule has 1 atom stereocenters. The van der Waals surface area contributed by atoms with Gasteiger partial charge in [-0.05, 0) is 5.56 Å². The number of nitrogens with two attached hydrogens (primary N) is 1. The smallest absolute Gasteiger partial charge is 0.171 e. The van der Waals surface area contributed by atoms with E-state index < -0.39 is 6.17 Å². The number of carbonyl (C=O) groups excluding carboxylic acids is 1. The standard InChI is InChI=1S/C11H15N3O2/c1-2-10(15)11(12)14(13-16)8-9-6-4-3-5-7-9/h3-7,11H,2,8,12H2,1H3. The molecule has 0 amide bonds. The lowest BCUT2D eigenvalue weighted by atomic mass is 10.2. The number of Topliss-reactive ketones (excluding diaryl/α,β-unsaturated/α-hetero) is 1. The van der Waals surface area contributed by atoms with Gasteiger partial charge in [0.2, 0.25) is 0 Å². The summed E-state index contributed by atoms with van der Waals surface area (Å²) in [5.41, 5.74) is 6.50. The SMILES string of the molecule is CCC(=O)C(N)N(Cc1ccccc1)N=O. The Bertz CT molecular complexity index is 354. The van der Waals surface area contributed by atoms with E-state index in [1.54, 1.807) is 6.92 Å². The van der Waals surface area contributed by atoms with Crippen molar-refractivity contribution >= 4 is 5.78 Å². The predicted molar refractivity (Wildman–Crippen MR) is 61.1 cm³/mol. The molecule has 0 aromatic heterocycles. The molecule has 0 spiro atoms. The molecule has 16 heavy (non-hydrogen) atoms. The second kappa shape index (κ2) is 5.97. The van der Waals surface area contributed by atoms with Crippen molar-refractivity contribution in [1.82, 2.24) is 5.01 Å². The first-order valence-corrected chi connectivity index (χ1v) is 5.11. The fraction of sp³-hybridized carbons (Fsp3) is 0.364.